The second kappa shape index (κ2) is 9.32. The van der Waals surface area contributed by atoms with Crippen LogP contribution in [0.15, 0.2) is 59.5 Å². The third kappa shape index (κ3) is 6.04. The molecule has 5 N–H and O–H groups in total. The summed E-state index contributed by atoms with van der Waals surface area (Å²) in [6, 6.07) is 15.1. The van der Waals surface area contributed by atoms with Crippen LogP contribution in [0.25, 0.3) is 0 Å². The van der Waals surface area contributed by atoms with Gasteiger partial charge >= 0.3 is 0 Å². The zero-order chi connectivity index (χ0) is 20.0. The molecule has 0 spiro atoms. The van der Waals surface area contributed by atoms with Crippen molar-refractivity contribution in [3.63, 3.8) is 0 Å². The Bertz CT molecular complexity index is 808. The summed E-state index contributed by atoms with van der Waals surface area (Å²) in [6.07, 6.45) is -0.507. The minimum atomic E-state index is -3.75. The standard InChI is InChI=1S/C20H29N3O3S/c1-15(2)13-23(27(25,26)18-10-8-17(21)9-11-18)14-20(24)19(22)12-16-6-4-3-5-7-16/h3-11,15,19-20,24H,12-14,21-22H2,1-2H3/t19?,20-/m1/s1. The molecule has 7 heteroatoms. The van der Waals surface area contributed by atoms with E-state index in [2.05, 4.69) is 0 Å². The van der Waals surface area contributed by atoms with Crippen LogP contribution in [-0.2, 0) is 16.4 Å². The van der Waals surface area contributed by atoms with Gasteiger partial charge in [-0.15, -0.1) is 0 Å². The van der Waals surface area contributed by atoms with Crippen molar-refractivity contribution in [3.8, 4) is 0 Å². The number of nitrogens with two attached hydrogens (primary N) is 2. The molecule has 0 saturated heterocycles. The lowest BCUT2D eigenvalue weighted by Gasteiger charge is -2.28. The minimum Gasteiger partial charge on any atom is -0.399 e. The van der Waals surface area contributed by atoms with Crippen LogP contribution in [0.1, 0.15) is 19.4 Å². The molecule has 0 aliphatic carbocycles. The van der Waals surface area contributed by atoms with Crippen LogP contribution in [0, 0.1) is 5.92 Å². The van der Waals surface area contributed by atoms with Crippen molar-refractivity contribution in [2.75, 3.05) is 18.8 Å². The van der Waals surface area contributed by atoms with Gasteiger partial charge < -0.3 is 16.6 Å². The van der Waals surface area contributed by atoms with Crippen LogP contribution in [0.2, 0.25) is 0 Å². The van der Waals surface area contributed by atoms with Gasteiger partial charge in [0.25, 0.3) is 0 Å². The number of hydrogen-bond donors (Lipinski definition) is 3. The highest BCUT2D eigenvalue weighted by atomic mass is 32.2. The monoisotopic (exact) mass is 391 g/mol. The van der Waals surface area contributed by atoms with Gasteiger partial charge in [0, 0.05) is 24.8 Å². The van der Waals surface area contributed by atoms with Crippen molar-refractivity contribution < 1.29 is 13.5 Å². The van der Waals surface area contributed by atoms with Crippen molar-refractivity contribution in [2.45, 2.75) is 37.3 Å². The second-order valence-corrected chi connectivity index (χ2v) is 9.14. The maximum Gasteiger partial charge on any atom is 0.243 e. The third-order valence-electron chi connectivity index (χ3n) is 4.29. The van der Waals surface area contributed by atoms with E-state index < -0.39 is 22.2 Å². The molecule has 2 aromatic rings. The molecule has 0 bridgehead atoms. The highest BCUT2D eigenvalue weighted by molar-refractivity contribution is 7.89. The Kier molecular flexibility index (Phi) is 7.38. The predicted octanol–water partition coefficient (Wildman–Crippen LogP) is 1.85. The van der Waals surface area contributed by atoms with Gasteiger partial charge in [0.15, 0.2) is 0 Å². The Hall–Kier alpha value is -1.93. The smallest absolute Gasteiger partial charge is 0.243 e. The summed E-state index contributed by atoms with van der Waals surface area (Å²) in [4.78, 5) is 0.154. The molecule has 0 aromatic heterocycles. The molecule has 2 atom stereocenters. The van der Waals surface area contributed by atoms with E-state index in [1.165, 1.54) is 16.4 Å². The number of sulfonamides is 1. The average Bonchev–Trinajstić information content (AvgIpc) is 2.62. The molecule has 27 heavy (non-hydrogen) atoms. The second-order valence-electron chi connectivity index (χ2n) is 7.21. The number of aliphatic hydroxyl groups excluding tert-OH is 1. The predicted molar refractivity (Wildman–Crippen MR) is 109 cm³/mol. The molecule has 0 fully saturated rings. The van der Waals surface area contributed by atoms with Crippen molar-refractivity contribution in [2.24, 2.45) is 11.7 Å². The van der Waals surface area contributed by atoms with E-state index >= 15 is 0 Å². The van der Waals surface area contributed by atoms with Gasteiger partial charge in [0.1, 0.15) is 0 Å². The molecule has 0 radical (unpaired) electrons. The third-order valence-corrected chi connectivity index (χ3v) is 6.13. The first kappa shape index (κ1) is 21.4. The number of anilines is 1. The van der Waals surface area contributed by atoms with E-state index in [9.17, 15) is 13.5 Å². The lowest BCUT2D eigenvalue weighted by molar-refractivity contribution is 0.116. The van der Waals surface area contributed by atoms with E-state index in [4.69, 9.17) is 11.5 Å². The van der Waals surface area contributed by atoms with Crippen molar-refractivity contribution >= 4 is 15.7 Å². The van der Waals surface area contributed by atoms with Gasteiger partial charge in [-0.2, -0.15) is 4.31 Å². The fourth-order valence-electron chi connectivity index (χ4n) is 2.83. The topological polar surface area (TPSA) is 110 Å². The minimum absolute atomic E-state index is 0.0567. The Labute approximate surface area is 161 Å². The SMILES string of the molecule is CC(C)CN(C[C@@H](O)C(N)Cc1ccccc1)S(=O)(=O)c1ccc(N)cc1. The molecule has 6 nitrogen and oxygen atoms in total. The summed E-state index contributed by atoms with van der Waals surface area (Å²) in [5.41, 5.74) is 13.3. The van der Waals surface area contributed by atoms with Crippen molar-refractivity contribution in [3.05, 3.63) is 60.2 Å². The molecule has 0 aliphatic heterocycles. The largest absolute Gasteiger partial charge is 0.399 e. The quantitative estimate of drug-likeness (QED) is 0.565. The maximum atomic E-state index is 13.0. The van der Waals surface area contributed by atoms with Gasteiger partial charge in [-0.25, -0.2) is 8.42 Å². The Balaban J connectivity index is 2.16. The summed E-state index contributed by atoms with van der Waals surface area (Å²) in [5, 5.41) is 10.6. The fraction of sp³-hybridized carbons (Fsp3) is 0.400. The first-order chi connectivity index (χ1) is 12.7. The highest BCUT2D eigenvalue weighted by Gasteiger charge is 2.29. The van der Waals surface area contributed by atoms with Crippen molar-refractivity contribution in [1.82, 2.24) is 4.31 Å². The number of nitrogens with zero attached hydrogens (tertiary/aromatic N) is 1. The van der Waals surface area contributed by atoms with Crippen LogP contribution >= 0.6 is 0 Å². The molecule has 0 amide bonds. The van der Waals surface area contributed by atoms with Gasteiger partial charge in [0.2, 0.25) is 10.0 Å². The molecule has 1 unspecified atom stereocenters. The summed E-state index contributed by atoms with van der Waals surface area (Å²) >= 11 is 0. The summed E-state index contributed by atoms with van der Waals surface area (Å²) < 4.78 is 27.4. The van der Waals surface area contributed by atoms with Crippen LogP contribution in [0.5, 0.6) is 0 Å². The van der Waals surface area contributed by atoms with Crippen LogP contribution in [-0.4, -0.2) is 43.1 Å². The molecule has 2 aromatic carbocycles. The molecule has 0 saturated carbocycles. The molecule has 0 aliphatic rings. The van der Waals surface area contributed by atoms with E-state index in [0.29, 0.717) is 18.7 Å². The van der Waals surface area contributed by atoms with E-state index in [1.807, 2.05) is 44.2 Å². The Morgan fingerprint density at radius 1 is 1.00 bits per heavy atom. The zero-order valence-electron chi connectivity index (χ0n) is 15.8. The van der Waals surface area contributed by atoms with E-state index in [-0.39, 0.29) is 17.4 Å². The fourth-order valence-corrected chi connectivity index (χ4v) is 4.45. The Morgan fingerprint density at radius 3 is 2.15 bits per heavy atom. The first-order valence-electron chi connectivity index (χ1n) is 9.03. The van der Waals surface area contributed by atoms with Crippen LogP contribution in [0.3, 0.4) is 0 Å². The summed E-state index contributed by atoms with van der Waals surface area (Å²) in [5.74, 6) is 0.103. The highest BCUT2D eigenvalue weighted by Crippen LogP contribution is 2.19. The maximum absolute atomic E-state index is 13.0. The molecular weight excluding hydrogens is 362 g/mol. The number of aliphatic hydroxyl groups is 1. The van der Waals surface area contributed by atoms with Gasteiger partial charge in [0.05, 0.1) is 11.0 Å². The van der Waals surface area contributed by atoms with Gasteiger partial charge in [-0.3, -0.25) is 0 Å². The lowest BCUT2D eigenvalue weighted by atomic mass is 10.0. The molecule has 148 valence electrons. The molecule has 2 rings (SSSR count). The summed E-state index contributed by atoms with van der Waals surface area (Å²) in [6.45, 7) is 4.10. The van der Waals surface area contributed by atoms with Crippen molar-refractivity contribution in [1.29, 1.82) is 0 Å². The average molecular weight is 392 g/mol. The number of hydrogen-bond acceptors (Lipinski definition) is 5. The normalized spacial score (nSPS) is 14.4. The van der Waals surface area contributed by atoms with E-state index in [0.717, 1.165) is 5.56 Å². The number of nitrogen functional groups attached to an aromatic ring is 1. The number of benzene rings is 2. The summed E-state index contributed by atoms with van der Waals surface area (Å²) in [7, 11) is -3.75. The lowest BCUT2D eigenvalue weighted by Crippen LogP contribution is -2.47. The van der Waals surface area contributed by atoms with Crippen LogP contribution < -0.4 is 11.5 Å². The molecule has 0 heterocycles. The van der Waals surface area contributed by atoms with E-state index in [1.54, 1.807) is 12.1 Å². The zero-order valence-corrected chi connectivity index (χ0v) is 16.6. The van der Waals surface area contributed by atoms with Gasteiger partial charge in [-0.1, -0.05) is 44.2 Å². The number of rotatable bonds is 9. The molecular formula is C20H29N3O3S. The first-order valence-corrected chi connectivity index (χ1v) is 10.5. The van der Waals surface area contributed by atoms with Gasteiger partial charge in [-0.05, 0) is 42.2 Å². The Morgan fingerprint density at radius 2 is 1.59 bits per heavy atom. The van der Waals surface area contributed by atoms with Crippen LogP contribution in [0.4, 0.5) is 5.69 Å².